The summed E-state index contributed by atoms with van der Waals surface area (Å²) in [6.45, 7) is -0.0102. The third kappa shape index (κ3) is 4.83. The van der Waals surface area contributed by atoms with Gasteiger partial charge in [0, 0.05) is 12.1 Å². The average molecular weight is 258 g/mol. The van der Waals surface area contributed by atoms with E-state index in [1.54, 1.807) is 24.3 Å². The van der Waals surface area contributed by atoms with Gasteiger partial charge in [0.1, 0.15) is 5.75 Å². The molecule has 0 heterocycles. The van der Waals surface area contributed by atoms with Crippen molar-refractivity contribution in [1.29, 1.82) is 0 Å². The molecule has 7 heteroatoms. The Bertz CT molecular complexity index is 482. The lowest BCUT2D eigenvalue weighted by Crippen LogP contribution is -2.31. The van der Waals surface area contributed by atoms with Crippen molar-refractivity contribution >= 4 is 15.9 Å². The van der Waals surface area contributed by atoms with Crippen molar-refractivity contribution in [1.82, 2.24) is 5.32 Å². The number of sulfonamides is 1. The number of benzene rings is 1. The molecule has 0 aliphatic heterocycles. The van der Waals surface area contributed by atoms with Crippen molar-refractivity contribution in [3.8, 4) is 5.75 Å². The van der Waals surface area contributed by atoms with E-state index in [-0.39, 0.29) is 18.2 Å². The summed E-state index contributed by atoms with van der Waals surface area (Å²) in [6.07, 6.45) is 0. The minimum Gasteiger partial charge on any atom is -0.497 e. The second kappa shape index (κ2) is 5.65. The van der Waals surface area contributed by atoms with Gasteiger partial charge in [0.2, 0.25) is 10.0 Å². The predicted molar refractivity (Wildman–Crippen MR) is 63.3 cm³/mol. The fraction of sp³-hybridized carbons (Fsp3) is 0.300. The van der Waals surface area contributed by atoms with Crippen LogP contribution in [0.25, 0.3) is 0 Å². The Morgan fingerprint density at radius 3 is 2.41 bits per heavy atom. The molecule has 0 aliphatic rings. The minimum absolute atomic E-state index is 0.0102. The standard InChI is InChI=1S/C10H14N2O4S/c1-16-9-4-2-8(3-5-9)10(13)12-6-7-17(11,14)15/h2-5H,6-7H2,1H3,(H,12,13)(H2,11,14,15). The van der Waals surface area contributed by atoms with Gasteiger partial charge in [-0.2, -0.15) is 0 Å². The molecule has 94 valence electrons. The van der Waals surface area contributed by atoms with Gasteiger partial charge in [0.25, 0.3) is 5.91 Å². The van der Waals surface area contributed by atoms with Gasteiger partial charge in [-0.15, -0.1) is 0 Å². The first-order valence-corrected chi connectivity index (χ1v) is 6.56. The number of nitrogens with two attached hydrogens (primary N) is 1. The highest BCUT2D eigenvalue weighted by Gasteiger charge is 2.07. The molecule has 1 amide bonds. The van der Waals surface area contributed by atoms with Crippen LogP contribution in [-0.4, -0.2) is 33.7 Å². The summed E-state index contributed by atoms with van der Waals surface area (Å²) in [7, 11) is -2.02. The van der Waals surface area contributed by atoms with E-state index in [1.807, 2.05) is 0 Å². The van der Waals surface area contributed by atoms with Crippen LogP contribution in [-0.2, 0) is 10.0 Å². The first-order valence-electron chi connectivity index (χ1n) is 4.85. The third-order valence-corrected chi connectivity index (χ3v) is 2.80. The van der Waals surface area contributed by atoms with Crippen LogP contribution in [0, 0.1) is 0 Å². The quantitative estimate of drug-likeness (QED) is 0.758. The van der Waals surface area contributed by atoms with Gasteiger partial charge in [0.05, 0.1) is 12.9 Å². The molecule has 6 nitrogen and oxygen atoms in total. The fourth-order valence-corrected chi connectivity index (χ4v) is 1.54. The zero-order valence-corrected chi connectivity index (χ0v) is 10.2. The van der Waals surface area contributed by atoms with Gasteiger partial charge in [-0.1, -0.05) is 0 Å². The zero-order chi connectivity index (χ0) is 12.9. The van der Waals surface area contributed by atoms with Crippen LogP contribution in [0.1, 0.15) is 10.4 Å². The van der Waals surface area contributed by atoms with Crippen molar-refractivity contribution in [2.75, 3.05) is 19.4 Å². The van der Waals surface area contributed by atoms with E-state index >= 15 is 0 Å². The molecule has 1 aromatic carbocycles. The number of carbonyl (C=O) groups excluding carboxylic acids is 1. The number of hydrogen-bond acceptors (Lipinski definition) is 4. The zero-order valence-electron chi connectivity index (χ0n) is 9.34. The topological polar surface area (TPSA) is 98.5 Å². The van der Waals surface area contributed by atoms with Crippen LogP contribution in [0.4, 0.5) is 0 Å². The van der Waals surface area contributed by atoms with E-state index in [2.05, 4.69) is 5.32 Å². The molecule has 0 bridgehead atoms. The Labute approximate surface area is 99.8 Å². The lowest BCUT2D eigenvalue weighted by molar-refractivity contribution is 0.0956. The van der Waals surface area contributed by atoms with Crippen LogP contribution < -0.4 is 15.2 Å². The van der Waals surface area contributed by atoms with Gasteiger partial charge in [-0.3, -0.25) is 4.79 Å². The molecule has 17 heavy (non-hydrogen) atoms. The molecule has 1 aromatic rings. The minimum atomic E-state index is -3.55. The maximum Gasteiger partial charge on any atom is 0.251 e. The molecule has 0 radical (unpaired) electrons. The molecule has 3 N–H and O–H groups in total. The molecular weight excluding hydrogens is 244 g/mol. The molecular formula is C10H14N2O4S. The summed E-state index contributed by atoms with van der Waals surface area (Å²) in [5.74, 6) is 0.0110. The van der Waals surface area contributed by atoms with E-state index in [0.717, 1.165) is 0 Å². The highest BCUT2D eigenvalue weighted by Crippen LogP contribution is 2.10. The molecule has 0 saturated heterocycles. The summed E-state index contributed by atoms with van der Waals surface area (Å²) in [4.78, 5) is 11.5. The van der Waals surface area contributed by atoms with Crippen molar-refractivity contribution < 1.29 is 17.9 Å². The van der Waals surface area contributed by atoms with Crippen molar-refractivity contribution in [2.45, 2.75) is 0 Å². The SMILES string of the molecule is COc1ccc(C(=O)NCCS(N)(=O)=O)cc1. The number of hydrogen-bond donors (Lipinski definition) is 2. The van der Waals surface area contributed by atoms with Crippen LogP contribution in [0.15, 0.2) is 24.3 Å². The lowest BCUT2D eigenvalue weighted by Gasteiger charge is -2.05. The van der Waals surface area contributed by atoms with Crippen LogP contribution in [0.3, 0.4) is 0 Å². The largest absolute Gasteiger partial charge is 0.497 e. The molecule has 0 atom stereocenters. The molecule has 0 spiro atoms. The van der Waals surface area contributed by atoms with Crippen LogP contribution in [0.2, 0.25) is 0 Å². The highest BCUT2D eigenvalue weighted by atomic mass is 32.2. The molecule has 0 aromatic heterocycles. The summed E-state index contributed by atoms with van der Waals surface area (Å²) in [6, 6.07) is 6.47. The molecule has 0 aliphatic carbocycles. The van der Waals surface area contributed by atoms with Gasteiger partial charge >= 0.3 is 0 Å². The highest BCUT2D eigenvalue weighted by molar-refractivity contribution is 7.89. The smallest absolute Gasteiger partial charge is 0.251 e. The van der Waals surface area contributed by atoms with Crippen LogP contribution >= 0.6 is 0 Å². The van der Waals surface area contributed by atoms with E-state index in [1.165, 1.54) is 7.11 Å². The first kappa shape index (κ1) is 13.5. The Kier molecular flexibility index (Phi) is 4.47. The number of methoxy groups -OCH3 is 1. The van der Waals surface area contributed by atoms with Gasteiger partial charge < -0.3 is 10.1 Å². The van der Waals surface area contributed by atoms with Crippen molar-refractivity contribution in [3.63, 3.8) is 0 Å². The number of carbonyl (C=O) groups is 1. The summed E-state index contributed by atoms with van der Waals surface area (Å²) >= 11 is 0. The molecule has 1 rings (SSSR count). The Hall–Kier alpha value is -1.60. The maximum absolute atomic E-state index is 11.5. The average Bonchev–Trinajstić information content (AvgIpc) is 2.27. The lowest BCUT2D eigenvalue weighted by atomic mass is 10.2. The second-order valence-corrected chi connectivity index (χ2v) is 5.09. The summed E-state index contributed by atoms with van der Waals surface area (Å²) in [5.41, 5.74) is 0.431. The first-order chi connectivity index (χ1) is 7.92. The summed E-state index contributed by atoms with van der Waals surface area (Å²) < 4.78 is 26.2. The number of ether oxygens (including phenoxy) is 1. The number of primary sulfonamides is 1. The number of amides is 1. The molecule has 0 fully saturated rings. The van der Waals surface area contributed by atoms with E-state index in [4.69, 9.17) is 9.88 Å². The normalized spacial score (nSPS) is 10.9. The van der Waals surface area contributed by atoms with E-state index in [9.17, 15) is 13.2 Å². The number of rotatable bonds is 5. The Morgan fingerprint density at radius 1 is 1.35 bits per heavy atom. The molecule has 0 saturated carbocycles. The fourth-order valence-electron chi connectivity index (χ4n) is 1.15. The van der Waals surface area contributed by atoms with Gasteiger partial charge in [0.15, 0.2) is 0 Å². The van der Waals surface area contributed by atoms with Crippen molar-refractivity contribution in [3.05, 3.63) is 29.8 Å². The maximum atomic E-state index is 11.5. The molecule has 0 unspecified atom stereocenters. The monoisotopic (exact) mass is 258 g/mol. The Morgan fingerprint density at radius 2 is 1.94 bits per heavy atom. The predicted octanol–water partition coefficient (Wildman–Crippen LogP) is -0.286. The van der Waals surface area contributed by atoms with Gasteiger partial charge in [-0.25, -0.2) is 13.6 Å². The van der Waals surface area contributed by atoms with E-state index < -0.39 is 10.0 Å². The van der Waals surface area contributed by atoms with Gasteiger partial charge in [-0.05, 0) is 24.3 Å². The number of nitrogens with one attached hydrogen (secondary N) is 1. The van der Waals surface area contributed by atoms with Crippen LogP contribution in [0.5, 0.6) is 5.75 Å². The second-order valence-electron chi connectivity index (χ2n) is 3.35. The third-order valence-electron chi connectivity index (χ3n) is 2.02. The van der Waals surface area contributed by atoms with E-state index in [0.29, 0.717) is 11.3 Å². The summed E-state index contributed by atoms with van der Waals surface area (Å²) in [5, 5.41) is 7.26. The van der Waals surface area contributed by atoms with Crippen molar-refractivity contribution in [2.24, 2.45) is 5.14 Å². The Balaban J connectivity index is 2.52.